The van der Waals surface area contributed by atoms with Gasteiger partial charge in [0.25, 0.3) is 11.5 Å². The van der Waals surface area contributed by atoms with E-state index in [9.17, 15) is 14.0 Å². The van der Waals surface area contributed by atoms with Gasteiger partial charge in [-0.25, -0.2) is 9.07 Å². The van der Waals surface area contributed by atoms with Crippen LogP contribution in [0.15, 0.2) is 57.8 Å². The van der Waals surface area contributed by atoms with Gasteiger partial charge in [0, 0.05) is 12.6 Å². The number of anilines is 1. The number of rotatable bonds is 3. The van der Waals surface area contributed by atoms with Crippen molar-refractivity contribution in [2.45, 2.75) is 6.92 Å². The van der Waals surface area contributed by atoms with E-state index in [2.05, 4.69) is 21.2 Å². The van der Waals surface area contributed by atoms with Crippen molar-refractivity contribution in [3.8, 4) is 5.69 Å². The molecule has 2 aromatic carbocycles. The van der Waals surface area contributed by atoms with Gasteiger partial charge < -0.3 is 5.32 Å². The van der Waals surface area contributed by atoms with E-state index in [0.717, 1.165) is 6.07 Å². The Balaban J connectivity index is 2.00. The summed E-state index contributed by atoms with van der Waals surface area (Å²) in [6.07, 6.45) is 0. The number of hydrogen-bond acceptors (Lipinski definition) is 2. The van der Waals surface area contributed by atoms with Gasteiger partial charge >= 0.3 is 0 Å². The molecule has 128 valence electrons. The summed E-state index contributed by atoms with van der Waals surface area (Å²) in [5.41, 5.74) is 1.24. The lowest BCUT2D eigenvalue weighted by Gasteiger charge is -2.07. The maximum Gasteiger partial charge on any atom is 0.295 e. The molecule has 1 amide bonds. The average Bonchev–Trinajstić information content (AvgIpc) is 2.81. The second kappa shape index (κ2) is 6.68. The summed E-state index contributed by atoms with van der Waals surface area (Å²) in [6, 6.07) is 13.2. The minimum absolute atomic E-state index is 0.134. The van der Waals surface area contributed by atoms with Gasteiger partial charge in [-0.1, -0.05) is 18.2 Å². The van der Waals surface area contributed by atoms with Gasteiger partial charge in [0.15, 0.2) is 0 Å². The third-order valence-electron chi connectivity index (χ3n) is 3.97. The smallest absolute Gasteiger partial charge is 0.295 e. The summed E-state index contributed by atoms with van der Waals surface area (Å²) >= 11 is 3.04. The fourth-order valence-corrected chi connectivity index (χ4v) is 2.78. The molecule has 25 heavy (non-hydrogen) atoms. The van der Waals surface area contributed by atoms with Crippen LogP contribution < -0.4 is 10.9 Å². The SMILES string of the molecule is Cc1c(NC(=O)c2ccc(Br)c(F)c2)c(=O)n(-c2ccccc2)n1C. The highest BCUT2D eigenvalue weighted by Crippen LogP contribution is 2.18. The van der Waals surface area contributed by atoms with Crippen LogP contribution in [0.3, 0.4) is 0 Å². The van der Waals surface area contributed by atoms with Crippen LogP contribution in [0.4, 0.5) is 10.1 Å². The van der Waals surface area contributed by atoms with Crippen molar-refractivity contribution >= 4 is 27.5 Å². The van der Waals surface area contributed by atoms with Gasteiger partial charge in [0.1, 0.15) is 11.5 Å². The van der Waals surface area contributed by atoms with Gasteiger partial charge in [-0.05, 0) is 53.2 Å². The number of carbonyl (C=O) groups is 1. The molecule has 0 fully saturated rings. The van der Waals surface area contributed by atoms with Gasteiger partial charge in [0.05, 0.1) is 15.9 Å². The molecule has 1 N–H and O–H groups in total. The molecule has 3 rings (SSSR count). The van der Waals surface area contributed by atoms with Crippen LogP contribution in [-0.4, -0.2) is 15.3 Å². The third kappa shape index (κ3) is 3.15. The van der Waals surface area contributed by atoms with E-state index in [0.29, 0.717) is 11.4 Å². The zero-order chi connectivity index (χ0) is 18.1. The Kier molecular flexibility index (Phi) is 4.59. The van der Waals surface area contributed by atoms with Gasteiger partial charge in [0.2, 0.25) is 0 Å². The lowest BCUT2D eigenvalue weighted by molar-refractivity contribution is 0.102. The van der Waals surface area contributed by atoms with E-state index in [1.807, 2.05) is 18.2 Å². The summed E-state index contributed by atoms with van der Waals surface area (Å²) in [5.74, 6) is -1.09. The Hall–Kier alpha value is -2.67. The van der Waals surface area contributed by atoms with Crippen molar-refractivity contribution in [2.75, 3.05) is 5.32 Å². The first-order valence-electron chi connectivity index (χ1n) is 7.50. The maximum absolute atomic E-state index is 13.6. The molecule has 1 heterocycles. The summed E-state index contributed by atoms with van der Waals surface area (Å²) in [6.45, 7) is 1.73. The number of nitrogens with one attached hydrogen (secondary N) is 1. The fraction of sp³-hybridized carbons (Fsp3) is 0.111. The quantitative estimate of drug-likeness (QED) is 0.725. The van der Waals surface area contributed by atoms with E-state index in [4.69, 9.17) is 0 Å². The van der Waals surface area contributed by atoms with Crippen LogP contribution in [0.5, 0.6) is 0 Å². The van der Waals surface area contributed by atoms with Crippen LogP contribution >= 0.6 is 15.9 Å². The second-order valence-electron chi connectivity index (χ2n) is 5.52. The number of nitrogens with zero attached hydrogens (tertiary/aromatic N) is 2. The lowest BCUT2D eigenvalue weighted by atomic mass is 10.2. The molecular formula is C18H15BrFN3O2. The lowest BCUT2D eigenvalue weighted by Crippen LogP contribution is -2.23. The molecule has 0 saturated carbocycles. The Morgan fingerprint density at radius 3 is 2.48 bits per heavy atom. The molecular weight excluding hydrogens is 389 g/mol. The molecule has 5 nitrogen and oxygen atoms in total. The summed E-state index contributed by atoms with van der Waals surface area (Å²) in [7, 11) is 1.73. The van der Waals surface area contributed by atoms with E-state index in [1.54, 1.807) is 30.8 Å². The van der Waals surface area contributed by atoms with E-state index >= 15 is 0 Å². The topological polar surface area (TPSA) is 56.0 Å². The molecule has 0 aliphatic carbocycles. The number of carbonyl (C=O) groups excluding carboxylic acids is 1. The zero-order valence-corrected chi connectivity index (χ0v) is 15.2. The Labute approximate surface area is 151 Å². The third-order valence-corrected chi connectivity index (χ3v) is 4.62. The molecule has 0 aliphatic rings. The molecule has 0 atom stereocenters. The molecule has 0 spiro atoms. The van der Waals surface area contributed by atoms with Crippen LogP contribution in [0.25, 0.3) is 5.69 Å². The monoisotopic (exact) mass is 403 g/mol. The first kappa shape index (κ1) is 17.2. The molecule has 0 bridgehead atoms. The second-order valence-corrected chi connectivity index (χ2v) is 6.37. The molecule has 0 aliphatic heterocycles. The summed E-state index contributed by atoms with van der Waals surface area (Å²) in [5, 5.41) is 2.60. The van der Waals surface area contributed by atoms with E-state index < -0.39 is 11.7 Å². The first-order valence-corrected chi connectivity index (χ1v) is 8.30. The predicted molar refractivity (Wildman–Crippen MR) is 97.8 cm³/mol. The predicted octanol–water partition coefficient (Wildman–Crippen LogP) is 3.64. The Morgan fingerprint density at radius 2 is 1.84 bits per heavy atom. The normalized spacial score (nSPS) is 10.7. The number of para-hydroxylation sites is 1. The standard InChI is InChI=1S/C18H15BrFN3O2/c1-11-16(21-17(24)12-8-9-14(19)15(20)10-12)18(25)23(22(11)2)13-6-4-3-5-7-13/h3-10H,1-2H3,(H,21,24). The number of amides is 1. The Bertz CT molecular complexity index is 1010. The van der Waals surface area contributed by atoms with Crippen LogP contribution in [0, 0.1) is 12.7 Å². The van der Waals surface area contributed by atoms with Crippen molar-refractivity contribution in [3.05, 3.63) is 80.4 Å². The first-order chi connectivity index (χ1) is 11.9. The van der Waals surface area contributed by atoms with E-state index in [-0.39, 0.29) is 21.3 Å². The zero-order valence-electron chi connectivity index (χ0n) is 13.6. The summed E-state index contributed by atoms with van der Waals surface area (Å²) < 4.78 is 17.0. The van der Waals surface area contributed by atoms with Crippen molar-refractivity contribution in [2.24, 2.45) is 7.05 Å². The van der Waals surface area contributed by atoms with Crippen molar-refractivity contribution in [3.63, 3.8) is 0 Å². The number of aromatic nitrogens is 2. The van der Waals surface area contributed by atoms with Crippen molar-refractivity contribution in [1.82, 2.24) is 9.36 Å². The molecule has 1 aromatic heterocycles. The maximum atomic E-state index is 13.6. The van der Waals surface area contributed by atoms with Gasteiger partial charge in [-0.3, -0.25) is 14.3 Å². The highest BCUT2D eigenvalue weighted by molar-refractivity contribution is 9.10. The van der Waals surface area contributed by atoms with Crippen molar-refractivity contribution < 1.29 is 9.18 Å². The van der Waals surface area contributed by atoms with Crippen LogP contribution in [0.2, 0.25) is 0 Å². The number of halogens is 2. The molecule has 7 heteroatoms. The molecule has 0 radical (unpaired) electrons. The van der Waals surface area contributed by atoms with E-state index in [1.165, 1.54) is 16.8 Å². The fourth-order valence-electron chi connectivity index (χ4n) is 2.54. The number of benzene rings is 2. The van der Waals surface area contributed by atoms with Gasteiger partial charge in [-0.15, -0.1) is 0 Å². The number of hydrogen-bond donors (Lipinski definition) is 1. The molecule has 0 saturated heterocycles. The highest BCUT2D eigenvalue weighted by atomic mass is 79.9. The summed E-state index contributed by atoms with van der Waals surface area (Å²) in [4.78, 5) is 25.1. The minimum Gasteiger partial charge on any atom is -0.316 e. The molecule has 3 aromatic rings. The van der Waals surface area contributed by atoms with Gasteiger partial charge in [-0.2, -0.15) is 0 Å². The minimum atomic E-state index is -0.544. The van der Waals surface area contributed by atoms with Crippen molar-refractivity contribution in [1.29, 1.82) is 0 Å². The molecule has 0 unspecified atom stereocenters. The van der Waals surface area contributed by atoms with Crippen LogP contribution in [-0.2, 0) is 7.05 Å². The van der Waals surface area contributed by atoms with Crippen LogP contribution in [0.1, 0.15) is 16.1 Å². The largest absolute Gasteiger partial charge is 0.316 e. The highest BCUT2D eigenvalue weighted by Gasteiger charge is 2.19. The average molecular weight is 404 g/mol. The Morgan fingerprint density at radius 1 is 1.16 bits per heavy atom.